The van der Waals surface area contributed by atoms with Gasteiger partial charge in [0.2, 0.25) is 12.7 Å². The Morgan fingerprint density at radius 1 is 1.38 bits per heavy atom. The lowest BCUT2D eigenvalue weighted by Gasteiger charge is -2.17. The monoisotopic (exact) mass is 291 g/mol. The molecule has 21 heavy (non-hydrogen) atoms. The van der Waals surface area contributed by atoms with Gasteiger partial charge in [0.25, 0.3) is 0 Å². The molecule has 0 saturated heterocycles. The summed E-state index contributed by atoms with van der Waals surface area (Å²) in [6.45, 7) is 1.94. The van der Waals surface area contributed by atoms with Crippen LogP contribution in [0.25, 0.3) is 6.08 Å². The van der Waals surface area contributed by atoms with E-state index in [0.29, 0.717) is 11.5 Å². The van der Waals surface area contributed by atoms with E-state index in [2.05, 4.69) is 0 Å². The average molecular weight is 291 g/mol. The van der Waals surface area contributed by atoms with E-state index in [0.717, 1.165) is 5.56 Å². The van der Waals surface area contributed by atoms with Crippen LogP contribution in [0.2, 0.25) is 0 Å². The molecule has 6 heteroatoms. The molecule has 0 bridgehead atoms. The summed E-state index contributed by atoms with van der Waals surface area (Å²) in [6, 6.07) is 5.38. The van der Waals surface area contributed by atoms with Gasteiger partial charge in [0.1, 0.15) is 0 Å². The van der Waals surface area contributed by atoms with Crippen molar-refractivity contribution in [2.24, 2.45) is 5.92 Å². The summed E-state index contributed by atoms with van der Waals surface area (Å²) in [5, 5.41) is 8.83. The summed E-state index contributed by atoms with van der Waals surface area (Å²) in [7, 11) is 1.58. The standard InChI is InChI=1S/C15H17NO5/c1-10(15(18)19)8-16(2)14(17)6-4-11-3-5-12-13(7-11)21-9-20-12/h3-7,10H,8-9H2,1-2H3,(H,18,19)/b6-4+/t10-/m0/s1. The van der Waals surface area contributed by atoms with Crippen molar-refractivity contribution in [2.75, 3.05) is 20.4 Å². The van der Waals surface area contributed by atoms with Gasteiger partial charge in [0.15, 0.2) is 11.5 Å². The zero-order valence-corrected chi connectivity index (χ0v) is 11.9. The lowest BCUT2D eigenvalue weighted by atomic mass is 10.1. The molecule has 1 aliphatic heterocycles. The molecule has 1 amide bonds. The minimum absolute atomic E-state index is 0.166. The molecule has 0 fully saturated rings. The highest BCUT2D eigenvalue weighted by atomic mass is 16.7. The van der Waals surface area contributed by atoms with Gasteiger partial charge in [-0.15, -0.1) is 0 Å². The molecule has 1 aliphatic rings. The van der Waals surface area contributed by atoms with Crippen molar-refractivity contribution in [1.29, 1.82) is 0 Å². The number of likely N-dealkylation sites (N-methyl/N-ethyl adjacent to an activating group) is 1. The SMILES string of the molecule is C[C@@H](CN(C)C(=O)/C=C/c1ccc2c(c1)OCO2)C(=O)O. The van der Waals surface area contributed by atoms with E-state index in [-0.39, 0.29) is 19.2 Å². The Morgan fingerprint density at radius 2 is 2.10 bits per heavy atom. The third-order valence-electron chi connectivity index (χ3n) is 3.16. The molecule has 0 radical (unpaired) electrons. The van der Waals surface area contributed by atoms with Crippen LogP contribution in [0.5, 0.6) is 11.5 Å². The van der Waals surface area contributed by atoms with Crippen LogP contribution in [0.4, 0.5) is 0 Å². The summed E-state index contributed by atoms with van der Waals surface area (Å²) >= 11 is 0. The highest BCUT2D eigenvalue weighted by molar-refractivity contribution is 5.92. The maximum Gasteiger partial charge on any atom is 0.308 e. The maximum absolute atomic E-state index is 11.9. The van der Waals surface area contributed by atoms with Crippen molar-refractivity contribution in [1.82, 2.24) is 4.90 Å². The molecule has 0 aromatic heterocycles. The highest BCUT2D eigenvalue weighted by Crippen LogP contribution is 2.32. The van der Waals surface area contributed by atoms with E-state index >= 15 is 0 Å². The number of carbonyl (C=O) groups excluding carboxylic acids is 1. The number of carbonyl (C=O) groups is 2. The topological polar surface area (TPSA) is 76.1 Å². The Kier molecular flexibility index (Phi) is 4.47. The second-order valence-electron chi connectivity index (χ2n) is 4.90. The van der Waals surface area contributed by atoms with Crippen molar-refractivity contribution >= 4 is 18.0 Å². The average Bonchev–Trinajstić information content (AvgIpc) is 2.91. The summed E-state index contributed by atoms with van der Waals surface area (Å²) in [4.78, 5) is 24.0. The number of aliphatic carboxylic acids is 1. The Labute approximate surface area is 122 Å². The van der Waals surface area contributed by atoms with Crippen molar-refractivity contribution in [2.45, 2.75) is 6.92 Å². The largest absolute Gasteiger partial charge is 0.481 e. The van der Waals surface area contributed by atoms with E-state index in [1.54, 1.807) is 32.2 Å². The Bertz CT molecular complexity index is 581. The van der Waals surface area contributed by atoms with Crippen LogP contribution in [-0.2, 0) is 9.59 Å². The van der Waals surface area contributed by atoms with Gasteiger partial charge in [-0.25, -0.2) is 0 Å². The highest BCUT2D eigenvalue weighted by Gasteiger charge is 2.16. The zero-order chi connectivity index (χ0) is 15.4. The van der Waals surface area contributed by atoms with Crippen molar-refractivity contribution < 1.29 is 24.2 Å². The predicted octanol–water partition coefficient (Wildman–Crippen LogP) is 1.61. The molecule has 1 atom stereocenters. The van der Waals surface area contributed by atoms with Crippen molar-refractivity contribution in [3.63, 3.8) is 0 Å². The number of amides is 1. The van der Waals surface area contributed by atoms with Gasteiger partial charge in [0, 0.05) is 19.7 Å². The molecular formula is C15H17NO5. The molecular weight excluding hydrogens is 274 g/mol. The lowest BCUT2D eigenvalue weighted by Crippen LogP contribution is -2.32. The number of hydrogen-bond acceptors (Lipinski definition) is 4. The van der Waals surface area contributed by atoms with E-state index in [1.165, 1.54) is 11.0 Å². The Hall–Kier alpha value is -2.50. The summed E-state index contributed by atoms with van der Waals surface area (Å²) in [5.41, 5.74) is 0.812. The van der Waals surface area contributed by atoms with E-state index in [1.807, 2.05) is 6.07 Å². The van der Waals surface area contributed by atoms with Crippen molar-refractivity contribution in [3.8, 4) is 11.5 Å². The van der Waals surface area contributed by atoms with Gasteiger partial charge in [-0.3, -0.25) is 9.59 Å². The smallest absolute Gasteiger partial charge is 0.308 e. The number of carboxylic acid groups (broad SMARTS) is 1. The van der Waals surface area contributed by atoms with Gasteiger partial charge in [-0.2, -0.15) is 0 Å². The van der Waals surface area contributed by atoms with Gasteiger partial charge >= 0.3 is 5.97 Å². The molecule has 0 spiro atoms. The van der Waals surface area contributed by atoms with Crippen LogP contribution in [0.3, 0.4) is 0 Å². The second kappa shape index (κ2) is 6.30. The van der Waals surface area contributed by atoms with Gasteiger partial charge in [-0.05, 0) is 23.8 Å². The molecule has 112 valence electrons. The molecule has 2 rings (SSSR count). The minimum Gasteiger partial charge on any atom is -0.481 e. The number of benzene rings is 1. The quantitative estimate of drug-likeness (QED) is 0.834. The summed E-state index contributed by atoms with van der Waals surface area (Å²) < 4.78 is 10.5. The summed E-state index contributed by atoms with van der Waals surface area (Å²) in [6.07, 6.45) is 3.07. The van der Waals surface area contributed by atoms with Crippen LogP contribution in [0.1, 0.15) is 12.5 Å². The Morgan fingerprint density at radius 3 is 2.81 bits per heavy atom. The predicted molar refractivity (Wildman–Crippen MR) is 76.0 cm³/mol. The first kappa shape index (κ1) is 14.9. The fourth-order valence-corrected chi connectivity index (χ4v) is 1.89. The second-order valence-corrected chi connectivity index (χ2v) is 4.90. The molecule has 0 aliphatic carbocycles. The fourth-order valence-electron chi connectivity index (χ4n) is 1.89. The number of fused-ring (bicyclic) bond motifs is 1. The van der Waals surface area contributed by atoms with Gasteiger partial charge < -0.3 is 19.5 Å². The number of ether oxygens (including phenoxy) is 2. The van der Waals surface area contributed by atoms with Gasteiger partial charge in [-0.1, -0.05) is 13.0 Å². The molecule has 1 aromatic carbocycles. The van der Waals surface area contributed by atoms with Crippen LogP contribution in [0.15, 0.2) is 24.3 Å². The van der Waals surface area contributed by atoms with E-state index in [9.17, 15) is 9.59 Å². The number of nitrogens with zero attached hydrogens (tertiary/aromatic N) is 1. The number of rotatable bonds is 5. The fraction of sp³-hybridized carbons (Fsp3) is 0.333. The summed E-state index contributed by atoms with van der Waals surface area (Å²) in [5.74, 6) is -0.434. The van der Waals surface area contributed by atoms with E-state index < -0.39 is 11.9 Å². The first-order valence-corrected chi connectivity index (χ1v) is 6.53. The Balaban J connectivity index is 1.97. The zero-order valence-electron chi connectivity index (χ0n) is 11.9. The number of hydrogen-bond donors (Lipinski definition) is 1. The van der Waals surface area contributed by atoms with Gasteiger partial charge in [0.05, 0.1) is 5.92 Å². The van der Waals surface area contributed by atoms with E-state index in [4.69, 9.17) is 14.6 Å². The van der Waals surface area contributed by atoms with Crippen LogP contribution < -0.4 is 9.47 Å². The lowest BCUT2D eigenvalue weighted by molar-refractivity contribution is -0.142. The molecule has 1 heterocycles. The third kappa shape index (κ3) is 3.75. The normalized spacial score (nSPS) is 14.2. The first-order chi connectivity index (χ1) is 9.97. The number of carboxylic acids is 1. The van der Waals surface area contributed by atoms with Crippen LogP contribution >= 0.6 is 0 Å². The van der Waals surface area contributed by atoms with Crippen LogP contribution in [-0.4, -0.2) is 42.3 Å². The molecule has 1 aromatic rings. The third-order valence-corrected chi connectivity index (χ3v) is 3.16. The molecule has 1 N–H and O–H groups in total. The van der Waals surface area contributed by atoms with Crippen LogP contribution in [0, 0.1) is 5.92 Å². The first-order valence-electron chi connectivity index (χ1n) is 6.53. The molecule has 6 nitrogen and oxygen atoms in total. The molecule has 0 saturated carbocycles. The molecule has 0 unspecified atom stereocenters. The maximum atomic E-state index is 11.9. The minimum atomic E-state index is -0.922. The van der Waals surface area contributed by atoms with Crippen molar-refractivity contribution in [3.05, 3.63) is 29.8 Å².